The van der Waals surface area contributed by atoms with Crippen LogP contribution in [0, 0.1) is 0 Å². The summed E-state index contributed by atoms with van der Waals surface area (Å²) in [6.07, 6.45) is 1.48. The lowest BCUT2D eigenvalue weighted by Gasteiger charge is -2.11. The molecule has 0 aromatic rings. The molecule has 3 nitrogen and oxygen atoms in total. The molecule has 0 radical (unpaired) electrons. The SMILES string of the molecule is CNN(C)C(=O)/C=C/I. The second-order valence-corrected chi connectivity index (χ2v) is 2.13. The third kappa shape index (κ3) is 3.47. The Morgan fingerprint density at radius 1 is 1.78 bits per heavy atom. The number of hydrogen-bond donors (Lipinski definition) is 1. The van der Waals surface area contributed by atoms with E-state index >= 15 is 0 Å². The monoisotopic (exact) mass is 240 g/mol. The van der Waals surface area contributed by atoms with Crippen LogP contribution < -0.4 is 5.43 Å². The van der Waals surface area contributed by atoms with E-state index in [0.717, 1.165) is 0 Å². The summed E-state index contributed by atoms with van der Waals surface area (Å²) in [7, 11) is 3.36. The van der Waals surface area contributed by atoms with Crippen LogP contribution in [0.3, 0.4) is 0 Å². The lowest BCUT2D eigenvalue weighted by Crippen LogP contribution is -2.35. The lowest BCUT2D eigenvalue weighted by molar-refractivity contribution is -0.127. The number of rotatable bonds is 2. The van der Waals surface area contributed by atoms with Crippen molar-refractivity contribution in [3.8, 4) is 0 Å². The van der Waals surface area contributed by atoms with Crippen molar-refractivity contribution in [2.45, 2.75) is 0 Å². The molecule has 1 N–H and O–H groups in total. The average molecular weight is 240 g/mol. The third-order valence-electron chi connectivity index (χ3n) is 0.872. The van der Waals surface area contributed by atoms with E-state index in [1.54, 1.807) is 18.2 Å². The van der Waals surface area contributed by atoms with Crippen LogP contribution in [0.1, 0.15) is 0 Å². The average Bonchev–Trinajstić information content (AvgIpc) is 1.87. The molecule has 52 valence electrons. The van der Waals surface area contributed by atoms with Gasteiger partial charge in [-0.25, -0.2) is 5.43 Å². The number of carbonyl (C=O) groups excluding carboxylic acids is 1. The molecular weight excluding hydrogens is 231 g/mol. The van der Waals surface area contributed by atoms with Crippen LogP contribution in [0.25, 0.3) is 0 Å². The molecular formula is C5H9IN2O. The van der Waals surface area contributed by atoms with Crippen molar-refractivity contribution in [1.82, 2.24) is 10.4 Å². The van der Waals surface area contributed by atoms with Crippen molar-refractivity contribution in [2.24, 2.45) is 0 Å². The Hall–Kier alpha value is -0.100. The number of carbonyl (C=O) groups is 1. The van der Waals surface area contributed by atoms with E-state index in [-0.39, 0.29) is 5.91 Å². The minimum Gasteiger partial charge on any atom is -0.278 e. The van der Waals surface area contributed by atoms with Crippen molar-refractivity contribution in [2.75, 3.05) is 14.1 Å². The van der Waals surface area contributed by atoms with Crippen molar-refractivity contribution >= 4 is 28.5 Å². The Morgan fingerprint density at radius 3 is 2.67 bits per heavy atom. The Morgan fingerprint density at radius 2 is 2.33 bits per heavy atom. The molecule has 9 heavy (non-hydrogen) atoms. The van der Waals surface area contributed by atoms with Crippen LogP contribution in [0.2, 0.25) is 0 Å². The molecule has 4 heteroatoms. The summed E-state index contributed by atoms with van der Waals surface area (Å²) in [5.41, 5.74) is 2.68. The largest absolute Gasteiger partial charge is 0.278 e. The highest BCUT2D eigenvalue weighted by atomic mass is 127. The second-order valence-electron chi connectivity index (χ2n) is 1.41. The van der Waals surface area contributed by atoms with E-state index in [1.165, 1.54) is 11.1 Å². The van der Waals surface area contributed by atoms with Gasteiger partial charge in [0.25, 0.3) is 5.91 Å². The fraction of sp³-hybridized carbons (Fsp3) is 0.400. The summed E-state index contributed by atoms with van der Waals surface area (Å²) in [6.45, 7) is 0. The van der Waals surface area contributed by atoms with Gasteiger partial charge in [-0.15, -0.1) is 0 Å². The maximum atomic E-state index is 10.7. The lowest BCUT2D eigenvalue weighted by atomic mass is 10.6. The van der Waals surface area contributed by atoms with E-state index in [4.69, 9.17) is 0 Å². The highest BCUT2D eigenvalue weighted by molar-refractivity contribution is 14.1. The van der Waals surface area contributed by atoms with Gasteiger partial charge in [-0.05, 0) is 4.08 Å². The van der Waals surface area contributed by atoms with Gasteiger partial charge in [-0.3, -0.25) is 9.80 Å². The molecule has 0 spiro atoms. The van der Waals surface area contributed by atoms with Crippen LogP contribution in [0.5, 0.6) is 0 Å². The summed E-state index contributed by atoms with van der Waals surface area (Å²) in [5.74, 6) is -0.0492. The molecule has 0 aliphatic carbocycles. The zero-order chi connectivity index (χ0) is 7.28. The topological polar surface area (TPSA) is 32.3 Å². The first kappa shape index (κ1) is 8.90. The Bertz CT molecular complexity index is 124. The number of hydrogen-bond acceptors (Lipinski definition) is 2. The summed E-state index contributed by atoms with van der Waals surface area (Å²) >= 11 is 2.00. The number of nitrogens with zero attached hydrogens (tertiary/aromatic N) is 1. The number of likely N-dealkylation sites (N-methyl/N-ethyl adjacent to an activating group) is 1. The van der Waals surface area contributed by atoms with E-state index < -0.39 is 0 Å². The smallest absolute Gasteiger partial charge is 0.260 e. The van der Waals surface area contributed by atoms with Crippen LogP contribution >= 0.6 is 22.6 Å². The Kier molecular flexibility index (Phi) is 4.70. The van der Waals surface area contributed by atoms with Crippen LogP contribution in [0.15, 0.2) is 10.2 Å². The quantitative estimate of drug-likeness (QED) is 0.433. The number of halogens is 1. The van der Waals surface area contributed by atoms with Gasteiger partial charge in [0, 0.05) is 20.2 Å². The molecule has 0 unspecified atom stereocenters. The van der Waals surface area contributed by atoms with Gasteiger partial charge in [-0.1, -0.05) is 22.6 Å². The highest BCUT2D eigenvalue weighted by Gasteiger charge is 1.98. The van der Waals surface area contributed by atoms with Gasteiger partial charge in [0.1, 0.15) is 0 Å². The van der Waals surface area contributed by atoms with Gasteiger partial charge < -0.3 is 0 Å². The van der Waals surface area contributed by atoms with E-state index in [1.807, 2.05) is 22.6 Å². The third-order valence-corrected chi connectivity index (χ3v) is 1.23. The summed E-state index contributed by atoms with van der Waals surface area (Å²) < 4.78 is 1.67. The van der Waals surface area contributed by atoms with Crippen LogP contribution in [-0.2, 0) is 4.79 Å². The summed E-state index contributed by atoms with van der Waals surface area (Å²) in [6, 6.07) is 0. The number of nitrogens with one attached hydrogen (secondary N) is 1. The maximum Gasteiger partial charge on any atom is 0.260 e. The van der Waals surface area contributed by atoms with Crippen molar-refractivity contribution < 1.29 is 4.79 Å². The predicted octanol–water partition coefficient (Wildman–Crippen LogP) is 0.528. The molecule has 0 atom stereocenters. The second kappa shape index (κ2) is 4.75. The van der Waals surface area contributed by atoms with E-state index in [9.17, 15) is 4.79 Å². The summed E-state index contributed by atoms with van der Waals surface area (Å²) in [4.78, 5) is 10.7. The molecule has 0 saturated heterocycles. The molecule has 0 aromatic carbocycles. The molecule has 0 aromatic heterocycles. The first-order valence-corrected chi connectivity index (χ1v) is 3.68. The zero-order valence-electron chi connectivity index (χ0n) is 5.39. The molecule has 0 rings (SSSR count). The van der Waals surface area contributed by atoms with Crippen LogP contribution in [0.4, 0.5) is 0 Å². The molecule has 0 saturated carbocycles. The predicted molar refractivity (Wildman–Crippen MR) is 45.0 cm³/mol. The van der Waals surface area contributed by atoms with E-state index in [2.05, 4.69) is 5.43 Å². The van der Waals surface area contributed by atoms with Gasteiger partial charge >= 0.3 is 0 Å². The van der Waals surface area contributed by atoms with Gasteiger partial charge in [0.05, 0.1) is 0 Å². The Labute approximate surface area is 68.2 Å². The Balaban J connectivity index is 3.73. The van der Waals surface area contributed by atoms with Gasteiger partial charge in [0.15, 0.2) is 0 Å². The minimum atomic E-state index is -0.0492. The fourth-order valence-corrected chi connectivity index (χ4v) is 0.583. The van der Waals surface area contributed by atoms with Crippen molar-refractivity contribution in [1.29, 1.82) is 0 Å². The van der Waals surface area contributed by atoms with Gasteiger partial charge in [-0.2, -0.15) is 0 Å². The normalized spacial score (nSPS) is 10.1. The molecule has 0 fully saturated rings. The number of hydrazine groups is 1. The first-order valence-electron chi connectivity index (χ1n) is 2.44. The zero-order valence-corrected chi connectivity index (χ0v) is 7.55. The summed E-state index contributed by atoms with van der Waals surface area (Å²) in [5, 5.41) is 1.40. The van der Waals surface area contributed by atoms with Crippen molar-refractivity contribution in [3.05, 3.63) is 10.2 Å². The van der Waals surface area contributed by atoms with E-state index in [0.29, 0.717) is 0 Å². The molecule has 0 aliphatic heterocycles. The van der Waals surface area contributed by atoms with Gasteiger partial charge in [0.2, 0.25) is 0 Å². The van der Waals surface area contributed by atoms with Crippen molar-refractivity contribution in [3.63, 3.8) is 0 Å². The standard InChI is InChI=1S/C5H9IN2O/c1-7-8(2)5(9)3-4-6/h3-4,7H,1-2H3/b4-3+. The van der Waals surface area contributed by atoms with Crippen LogP contribution in [-0.4, -0.2) is 25.0 Å². The fourth-order valence-electron chi connectivity index (χ4n) is 0.276. The molecule has 0 bridgehead atoms. The molecule has 0 heterocycles. The first-order chi connectivity index (χ1) is 4.22. The molecule has 1 amide bonds. The minimum absolute atomic E-state index is 0.0492. The molecule has 0 aliphatic rings. The maximum absolute atomic E-state index is 10.7. The highest BCUT2D eigenvalue weighted by Crippen LogP contribution is 1.86. The number of amides is 1.